The molecule has 0 saturated heterocycles. The van der Waals surface area contributed by atoms with Crippen molar-refractivity contribution < 1.29 is 17.8 Å². The number of carbonyl (C=O) groups is 2. The van der Waals surface area contributed by atoms with E-state index in [0.717, 1.165) is 12.8 Å². The van der Waals surface area contributed by atoms with Crippen LogP contribution in [0, 0.1) is 0 Å². The zero-order valence-corrected chi connectivity index (χ0v) is 10.2. The van der Waals surface area contributed by atoms with Crippen LogP contribution >= 0.6 is 23.0 Å². The van der Waals surface area contributed by atoms with E-state index in [4.69, 9.17) is 5.73 Å². The molecule has 0 rings (SSSR count). The van der Waals surface area contributed by atoms with Gasteiger partial charge in [0, 0.05) is 6.54 Å². The van der Waals surface area contributed by atoms with Crippen LogP contribution in [0.2, 0.25) is 0 Å². The molecule has 0 aliphatic heterocycles. The predicted octanol–water partition coefficient (Wildman–Crippen LogP) is -0.441. The number of amides is 2. The minimum atomic E-state index is -0.593. The van der Waals surface area contributed by atoms with Crippen LogP contribution in [0.5, 0.6) is 0 Å². The average Bonchev–Trinajstić information content (AvgIpc) is 2.21. The molecule has 0 fully saturated rings. The Bertz CT molecular complexity index is 193. The lowest BCUT2D eigenvalue weighted by atomic mass is 10.1. The van der Waals surface area contributed by atoms with Gasteiger partial charge in [0.1, 0.15) is 6.04 Å². The molecule has 0 spiro atoms. The summed E-state index contributed by atoms with van der Waals surface area (Å²) in [6.07, 6.45) is 2.51. The van der Waals surface area contributed by atoms with E-state index in [-0.39, 0.29) is 0 Å². The maximum atomic E-state index is 10.8. The third-order valence-electron chi connectivity index (χ3n) is 1.72. The number of halogens is 1. The van der Waals surface area contributed by atoms with E-state index in [9.17, 15) is 9.59 Å². The number of hydrogen-bond donors (Lipinski definition) is 3. The van der Waals surface area contributed by atoms with Crippen molar-refractivity contribution in [3.8, 4) is 0 Å². The zero-order valence-electron chi connectivity index (χ0n) is 8.07. The van der Waals surface area contributed by atoms with Crippen molar-refractivity contribution in [1.29, 1.82) is 0 Å². The van der Waals surface area contributed by atoms with Gasteiger partial charge < -0.3 is 11.1 Å². The van der Waals surface area contributed by atoms with Gasteiger partial charge >= 0.3 is 0 Å². The molecule has 0 radical (unpaired) electrons. The molecule has 0 aliphatic rings. The highest BCUT2D eigenvalue weighted by Crippen LogP contribution is 1.99. The first-order valence-corrected chi connectivity index (χ1v) is 5.26. The van der Waals surface area contributed by atoms with E-state index >= 15 is 0 Å². The summed E-state index contributed by atoms with van der Waals surface area (Å²) in [5, 5.41) is 2.35. The van der Waals surface area contributed by atoms with Gasteiger partial charge in [-0.3, -0.25) is 9.59 Å². The topological polar surface area (TPSA) is 103 Å². The van der Waals surface area contributed by atoms with E-state index in [1.807, 2.05) is 0 Å². The Morgan fingerprint density at radius 2 is 2.27 bits per heavy atom. The Hall–Kier alpha value is -0.450. The summed E-state index contributed by atoms with van der Waals surface area (Å²) in [6, 6.07) is -0.593. The van der Waals surface area contributed by atoms with Gasteiger partial charge in [0.05, 0.1) is 0 Å². The number of nitrogens with one attached hydrogen (secondary N) is 2. The van der Waals surface area contributed by atoms with E-state index in [0.29, 0.717) is 19.4 Å². The third-order valence-corrected chi connectivity index (χ3v) is 1.90. The maximum absolute atomic E-state index is 10.8. The van der Waals surface area contributed by atoms with Gasteiger partial charge in [-0.2, -0.15) is 5.48 Å². The summed E-state index contributed by atoms with van der Waals surface area (Å²) in [5.41, 5.74) is 7.60. The molecule has 0 saturated carbocycles. The van der Waals surface area contributed by atoms with Gasteiger partial charge in [-0.15, -0.1) is 8.21 Å². The summed E-state index contributed by atoms with van der Waals surface area (Å²) in [6.45, 7) is 0.593. The number of unbranched alkanes of at least 4 members (excludes halogenated alkanes) is 1. The average molecular weight is 331 g/mol. The van der Waals surface area contributed by atoms with Gasteiger partial charge in [0.25, 0.3) is 0 Å². The van der Waals surface area contributed by atoms with Crippen molar-refractivity contribution in [2.45, 2.75) is 25.3 Å². The van der Waals surface area contributed by atoms with Crippen molar-refractivity contribution in [3.05, 3.63) is 0 Å². The van der Waals surface area contributed by atoms with Crippen molar-refractivity contribution in [2.75, 3.05) is 6.54 Å². The standard InChI is InChI=1S/C7H14IN3O4/c8-14-15-11-4-2-1-3-6(7(9)13)10-5-12/h5-6,11H,1-4H2,(H2,9,13)(H,10,12). The Labute approximate surface area is 102 Å². The number of hydrogen-bond acceptors (Lipinski definition) is 5. The fraction of sp³-hybridized carbons (Fsp3) is 0.714. The molecular weight excluding hydrogens is 317 g/mol. The molecule has 0 aromatic rings. The lowest BCUT2D eigenvalue weighted by Crippen LogP contribution is -2.40. The summed E-state index contributed by atoms with van der Waals surface area (Å²) < 4.78 is 4.27. The second-order valence-electron chi connectivity index (χ2n) is 2.78. The van der Waals surface area contributed by atoms with Gasteiger partial charge in [0.2, 0.25) is 12.3 Å². The quantitative estimate of drug-likeness (QED) is 0.166. The number of carbonyl (C=O) groups excluding carboxylic acids is 2. The van der Waals surface area contributed by atoms with E-state index < -0.39 is 11.9 Å². The summed E-state index contributed by atoms with van der Waals surface area (Å²) >= 11 is 1.58. The van der Waals surface area contributed by atoms with Crippen LogP contribution < -0.4 is 16.5 Å². The molecule has 15 heavy (non-hydrogen) atoms. The molecule has 0 aromatic heterocycles. The van der Waals surface area contributed by atoms with Crippen LogP contribution in [-0.2, 0) is 17.8 Å². The highest BCUT2D eigenvalue weighted by Gasteiger charge is 2.12. The molecule has 0 bridgehead atoms. The first-order valence-electron chi connectivity index (χ1n) is 4.38. The molecule has 0 aliphatic carbocycles. The third kappa shape index (κ3) is 8.54. The molecule has 8 heteroatoms. The molecular formula is C7H14IN3O4. The SMILES string of the molecule is NC(=O)C(CCCCNOOI)NC=O. The predicted molar refractivity (Wildman–Crippen MR) is 60.2 cm³/mol. The van der Waals surface area contributed by atoms with Gasteiger partial charge in [-0.05, 0) is 19.3 Å². The Morgan fingerprint density at radius 1 is 1.53 bits per heavy atom. The normalized spacial score (nSPS) is 12.1. The van der Waals surface area contributed by atoms with Crippen LogP contribution in [0.4, 0.5) is 0 Å². The van der Waals surface area contributed by atoms with Crippen molar-refractivity contribution >= 4 is 35.3 Å². The highest BCUT2D eigenvalue weighted by molar-refractivity contribution is 14.1. The highest BCUT2D eigenvalue weighted by atomic mass is 127. The van der Waals surface area contributed by atoms with Crippen LogP contribution in [-0.4, -0.2) is 24.9 Å². The molecule has 0 heterocycles. The lowest BCUT2D eigenvalue weighted by Gasteiger charge is -2.11. The number of primary amides is 1. The fourth-order valence-electron chi connectivity index (χ4n) is 0.999. The fourth-order valence-corrected chi connectivity index (χ4v) is 1.13. The minimum Gasteiger partial charge on any atom is -0.368 e. The maximum Gasteiger partial charge on any atom is 0.239 e. The van der Waals surface area contributed by atoms with Crippen LogP contribution in [0.1, 0.15) is 19.3 Å². The zero-order chi connectivity index (χ0) is 11.5. The number of hydroxylamine groups is 1. The van der Waals surface area contributed by atoms with Gasteiger partial charge in [-0.25, -0.2) is 0 Å². The van der Waals surface area contributed by atoms with E-state index in [1.165, 1.54) is 0 Å². The summed E-state index contributed by atoms with van der Waals surface area (Å²) in [7, 11) is 0. The van der Waals surface area contributed by atoms with Gasteiger partial charge in [-0.1, -0.05) is 0 Å². The smallest absolute Gasteiger partial charge is 0.239 e. The van der Waals surface area contributed by atoms with Crippen LogP contribution in [0.25, 0.3) is 0 Å². The second kappa shape index (κ2) is 10.1. The van der Waals surface area contributed by atoms with E-state index in [1.54, 1.807) is 23.0 Å². The monoisotopic (exact) mass is 331 g/mol. The van der Waals surface area contributed by atoms with Crippen LogP contribution in [0.15, 0.2) is 0 Å². The first kappa shape index (κ1) is 14.6. The minimum absolute atomic E-state index is 0.473. The molecule has 0 aromatic carbocycles. The Balaban J connectivity index is 3.45. The summed E-state index contributed by atoms with van der Waals surface area (Å²) in [4.78, 5) is 25.3. The molecule has 1 atom stereocenters. The van der Waals surface area contributed by atoms with Crippen molar-refractivity contribution in [3.63, 3.8) is 0 Å². The molecule has 7 nitrogen and oxygen atoms in total. The Morgan fingerprint density at radius 3 is 2.80 bits per heavy atom. The number of nitrogens with two attached hydrogens (primary N) is 1. The molecule has 88 valence electrons. The summed E-state index contributed by atoms with van der Waals surface area (Å²) in [5.74, 6) is -0.526. The largest absolute Gasteiger partial charge is 0.368 e. The Kier molecular flexibility index (Phi) is 9.78. The van der Waals surface area contributed by atoms with Crippen molar-refractivity contribution in [1.82, 2.24) is 10.8 Å². The first-order chi connectivity index (χ1) is 7.22. The van der Waals surface area contributed by atoms with E-state index in [2.05, 4.69) is 19.0 Å². The molecule has 1 unspecified atom stereocenters. The lowest BCUT2D eigenvalue weighted by molar-refractivity contribution is -0.222. The second-order valence-corrected chi connectivity index (χ2v) is 3.14. The molecule has 4 N–H and O–H groups in total. The molecule has 2 amide bonds. The van der Waals surface area contributed by atoms with Crippen molar-refractivity contribution in [2.24, 2.45) is 5.73 Å². The van der Waals surface area contributed by atoms with Gasteiger partial charge in [0.15, 0.2) is 23.0 Å². The van der Waals surface area contributed by atoms with Crippen LogP contribution in [0.3, 0.4) is 0 Å². The number of rotatable bonds is 10.